The van der Waals surface area contributed by atoms with Crippen LogP contribution in [0.2, 0.25) is 0 Å². The summed E-state index contributed by atoms with van der Waals surface area (Å²) in [5.41, 5.74) is 5.21. The molecule has 0 saturated heterocycles. The highest BCUT2D eigenvalue weighted by molar-refractivity contribution is 5.85. The highest BCUT2D eigenvalue weighted by Crippen LogP contribution is 2.35. The Balaban J connectivity index is 0.00000272. The standard InChI is InChI=1S/C27H31NO2.ClH/c1-20-26-15-14-25(17-23(26)11-16-27(20)28(2)3)30-19-22-9-12-24(13-10-22)29-18-21-7-5-4-6-8-21;/h4-10,12-15,17,20,27H,11,16,18-19H2,1-3H3;1H. The third-order valence-electron chi connectivity index (χ3n) is 6.13. The van der Waals surface area contributed by atoms with E-state index in [1.54, 1.807) is 0 Å². The Labute approximate surface area is 192 Å². The van der Waals surface area contributed by atoms with Crippen LogP contribution < -0.4 is 9.47 Å². The van der Waals surface area contributed by atoms with Gasteiger partial charge in [-0.3, -0.25) is 0 Å². The molecule has 3 aromatic carbocycles. The van der Waals surface area contributed by atoms with Crippen LogP contribution in [0.25, 0.3) is 0 Å². The molecule has 0 radical (unpaired) electrons. The Morgan fingerprint density at radius 2 is 1.42 bits per heavy atom. The van der Waals surface area contributed by atoms with Crippen LogP contribution in [0.4, 0.5) is 0 Å². The van der Waals surface area contributed by atoms with Gasteiger partial charge in [0.05, 0.1) is 0 Å². The predicted molar refractivity (Wildman–Crippen MR) is 129 cm³/mol. The summed E-state index contributed by atoms with van der Waals surface area (Å²) >= 11 is 0. The van der Waals surface area contributed by atoms with Crippen molar-refractivity contribution < 1.29 is 9.47 Å². The van der Waals surface area contributed by atoms with E-state index < -0.39 is 0 Å². The van der Waals surface area contributed by atoms with Gasteiger partial charge in [0.2, 0.25) is 0 Å². The normalized spacial score (nSPS) is 17.5. The second kappa shape index (κ2) is 10.7. The van der Waals surface area contributed by atoms with Gasteiger partial charge in [-0.05, 0) is 79.4 Å². The zero-order valence-electron chi connectivity index (χ0n) is 18.6. The van der Waals surface area contributed by atoms with E-state index in [4.69, 9.17) is 9.47 Å². The number of aryl methyl sites for hydroxylation is 1. The molecule has 4 rings (SSSR count). The Morgan fingerprint density at radius 3 is 2.10 bits per heavy atom. The Kier molecular flexibility index (Phi) is 8.00. The van der Waals surface area contributed by atoms with E-state index in [2.05, 4.69) is 68.4 Å². The molecule has 0 fully saturated rings. The van der Waals surface area contributed by atoms with Crippen LogP contribution in [0, 0.1) is 0 Å². The molecule has 0 bridgehead atoms. The van der Waals surface area contributed by atoms with Gasteiger partial charge in [-0.15, -0.1) is 12.4 Å². The first-order chi connectivity index (χ1) is 14.6. The van der Waals surface area contributed by atoms with Gasteiger partial charge in [-0.25, -0.2) is 0 Å². The number of rotatable bonds is 7. The van der Waals surface area contributed by atoms with Crippen molar-refractivity contribution in [1.29, 1.82) is 0 Å². The van der Waals surface area contributed by atoms with Crippen molar-refractivity contribution in [2.75, 3.05) is 14.1 Å². The molecule has 1 aliphatic carbocycles. The van der Waals surface area contributed by atoms with E-state index in [9.17, 15) is 0 Å². The molecule has 0 spiro atoms. The van der Waals surface area contributed by atoms with E-state index in [-0.39, 0.29) is 12.4 Å². The first kappa shape index (κ1) is 23.2. The van der Waals surface area contributed by atoms with Gasteiger partial charge in [0.25, 0.3) is 0 Å². The SMILES string of the molecule is CC1c2ccc(OCc3ccc(OCc4ccccc4)cc3)cc2CCC1N(C)C.Cl. The Hall–Kier alpha value is -2.49. The van der Waals surface area contributed by atoms with Gasteiger partial charge < -0.3 is 14.4 Å². The molecule has 164 valence electrons. The van der Waals surface area contributed by atoms with Crippen molar-refractivity contribution in [2.45, 2.75) is 44.9 Å². The van der Waals surface area contributed by atoms with Crippen molar-refractivity contribution in [3.8, 4) is 11.5 Å². The Morgan fingerprint density at radius 1 is 0.806 bits per heavy atom. The van der Waals surface area contributed by atoms with Gasteiger partial charge in [-0.2, -0.15) is 0 Å². The fourth-order valence-corrected chi connectivity index (χ4v) is 4.39. The van der Waals surface area contributed by atoms with Crippen molar-refractivity contribution in [2.24, 2.45) is 0 Å². The molecule has 0 amide bonds. The lowest BCUT2D eigenvalue weighted by Crippen LogP contribution is -2.36. The van der Waals surface area contributed by atoms with Crippen LogP contribution in [-0.2, 0) is 19.6 Å². The number of likely N-dealkylation sites (N-methyl/N-ethyl adjacent to an activating group) is 1. The van der Waals surface area contributed by atoms with Crippen LogP contribution in [0.15, 0.2) is 72.8 Å². The monoisotopic (exact) mass is 437 g/mol. The van der Waals surface area contributed by atoms with Crippen LogP contribution >= 0.6 is 12.4 Å². The minimum Gasteiger partial charge on any atom is -0.489 e. The molecule has 0 heterocycles. The maximum absolute atomic E-state index is 6.09. The molecular formula is C27H32ClNO2. The number of hydrogen-bond donors (Lipinski definition) is 0. The van der Waals surface area contributed by atoms with Gasteiger partial charge in [0.15, 0.2) is 0 Å². The van der Waals surface area contributed by atoms with Crippen molar-refractivity contribution in [3.05, 3.63) is 95.1 Å². The van der Waals surface area contributed by atoms with Crippen molar-refractivity contribution in [1.82, 2.24) is 4.90 Å². The summed E-state index contributed by atoms with van der Waals surface area (Å²) < 4.78 is 11.9. The smallest absolute Gasteiger partial charge is 0.120 e. The van der Waals surface area contributed by atoms with E-state index >= 15 is 0 Å². The van der Waals surface area contributed by atoms with Gasteiger partial charge >= 0.3 is 0 Å². The summed E-state index contributed by atoms with van der Waals surface area (Å²) in [6.07, 6.45) is 2.32. The van der Waals surface area contributed by atoms with E-state index in [0.717, 1.165) is 23.5 Å². The fraction of sp³-hybridized carbons (Fsp3) is 0.333. The van der Waals surface area contributed by atoms with Gasteiger partial charge in [0.1, 0.15) is 24.7 Å². The molecular weight excluding hydrogens is 406 g/mol. The van der Waals surface area contributed by atoms with Crippen molar-refractivity contribution in [3.63, 3.8) is 0 Å². The number of benzene rings is 3. The lowest BCUT2D eigenvalue weighted by Gasteiger charge is -2.35. The largest absolute Gasteiger partial charge is 0.489 e. The predicted octanol–water partition coefficient (Wildman–Crippen LogP) is 6.25. The van der Waals surface area contributed by atoms with E-state index in [0.29, 0.717) is 25.2 Å². The van der Waals surface area contributed by atoms with E-state index in [1.165, 1.54) is 23.1 Å². The number of nitrogens with zero attached hydrogens (tertiary/aromatic N) is 1. The van der Waals surface area contributed by atoms with Crippen molar-refractivity contribution >= 4 is 12.4 Å². The molecule has 2 atom stereocenters. The summed E-state index contributed by atoms with van der Waals surface area (Å²) in [4.78, 5) is 2.35. The summed E-state index contributed by atoms with van der Waals surface area (Å²) in [7, 11) is 4.36. The summed E-state index contributed by atoms with van der Waals surface area (Å²) in [6.45, 7) is 3.48. The number of fused-ring (bicyclic) bond motifs is 1. The maximum atomic E-state index is 6.09. The highest BCUT2D eigenvalue weighted by atomic mass is 35.5. The van der Waals surface area contributed by atoms with Crippen LogP contribution in [0.3, 0.4) is 0 Å². The third kappa shape index (κ3) is 5.81. The molecule has 4 heteroatoms. The summed E-state index contributed by atoms with van der Waals surface area (Å²) in [5, 5.41) is 0. The van der Waals surface area contributed by atoms with Gasteiger partial charge in [-0.1, -0.05) is 55.5 Å². The first-order valence-electron chi connectivity index (χ1n) is 10.8. The topological polar surface area (TPSA) is 21.7 Å². The third-order valence-corrected chi connectivity index (χ3v) is 6.13. The second-order valence-electron chi connectivity index (χ2n) is 8.43. The summed E-state index contributed by atoms with van der Waals surface area (Å²) in [6, 6.07) is 25.6. The maximum Gasteiger partial charge on any atom is 0.120 e. The Bertz CT molecular complexity index is 957. The minimum atomic E-state index is 0. The molecule has 0 N–H and O–H groups in total. The molecule has 3 nitrogen and oxygen atoms in total. The van der Waals surface area contributed by atoms with Crippen LogP contribution in [-0.4, -0.2) is 25.0 Å². The average molecular weight is 438 g/mol. The molecule has 0 saturated carbocycles. The summed E-state index contributed by atoms with van der Waals surface area (Å²) in [5.74, 6) is 2.38. The zero-order valence-corrected chi connectivity index (χ0v) is 19.4. The zero-order chi connectivity index (χ0) is 20.9. The molecule has 1 aliphatic rings. The first-order valence-corrected chi connectivity index (χ1v) is 10.8. The molecule has 0 aliphatic heterocycles. The molecule has 0 aromatic heterocycles. The van der Waals surface area contributed by atoms with Crippen LogP contribution in [0.1, 0.15) is 41.5 Å². The number of halogens is 1. The van der Waals surface area contributed by atoms with Crippen LogP contribution in [0.5, 0.6) is 11.5 Å². The molecule has 31 heavy (non-hydrogen) atoms. The number of hydrogen-bond acceptors (Lipinski definition) is 3. The highest BCUT2D eigenvalue weighted by Gasteiger charge is 2.27. The number of ether oxygens (including phenoxy) is 2. The van der Waals surface area contributed by atoms with Gasteiger partial charge in [0, 0.05) is 6.04 Å². The lowest BCUT2D eigenvalue weighted by atomic mass is 9.80. The average Bonchev–Trinajstić information content (AvgIpc) is 2.77. The molecule has 2 unspecified atom stereocenters. The quantitative estimate of drug-likeness (QED) is 0.436. The fourth-order valence-electron chi connectivity index (χ4n) is 4.39. The van der Waals surface area contributed by atoms with E-state index in [1.807, 2.05) is 30.3 Å². The second-order valence-corrected chi connectivity index (χ2v) is 8.43. The lowest BCUT2D eigenvalue weighted by molar-refractivity contribution is 0.236. The molecule has 3 aromatic rings. The minimum absolute atomic E-state index is 0.